The van der Waals surface area contributed by atoms with Gasteiger partial charge in [0, 0.05) is 18.6 Å². The first-order valence-electron chi connectivity index (χ1n) is 8.48. The van der Waals surface area contributed by atoms with Gasteiger partial charge in [0.2, 0.25) is 11.8 Å². The van der Waals surface area contributed by atoms with E-state index >= 15 is 0 Å². The maximum atomic E-state index is 13.1. The van der Waals surface area contributed by atoms with Gasteiger partial charge in [-0.2, -0.15) is 0 Å². The van der Waals surface area contributed by atoms with Crippen LogP contribution in [0.25, 0.3) is 0 Å². The summed E-state index contributed by atoms with van der Waals surface area (Å²) in [6.45, 7) is -0.00176. The second-order valence-electron chi connectivity index (χ2n) is 6.86. The maximum Gasteiger partial charge on any atom is 0.239 e. The Morgan fingerprint density at radius 3 is 2.75 bits per heavy atom. The number of fused-ring (bicyclic) bond motifs is 2. The van der Waals surface area contributed by atoms with E-state index in [9.17, 15) is 19.1 Å². The van der Waals surface area contributed by atoms with E-state index in [0.29, 0.717) is 17.4 Å². The van der Waals surface area contributed by atoms with Crippen LogP contribution in [0.15, 0.2) is 24.3 Å². The topological polar surface area (TPSA) is 78.4 Å². The van der Waals surface area contributed by atoms with Gasteiger partial charge < -0.3 is 15.7 Å². The quantitative estimate of drug-likeness (QED) is 0.726. The largest absolute Gasteiger partial charge is 0.396 e. The normalized spacial score (nSPS) is 27.9. The number of carbonyl (C=O) groups is 2. The second-order valence-corrected chi connectivity index (χ2v) is 6.86. The number of aliphatic hydroxyl groups excluding tert-OH is 1. The number of benzene rings is 1. The molecular formula is C18H23FN2O3. The number of rotatable bonds is 6. The highest BCUT2D eigenvalue weighted by Gasteiger charge is 2.47. The number of aliphatic hydroxyl groups is 1. The first-order valence-corrected chi connectivity index (χ1v) is 8.48. The number of halogens is 1. The Balaban J connectivity index is 1.45. The van der Waals surface area contributed by atoms with Crippen LogP contribution < -0.4 is 10.6 Å². The molecule has 4 atom stereocenters. The van der Waals surface area contributed by atoms with Crippen molar-refractivity contribution in [1.82, 2.24) is 10.6 Å². The van der Waals surface area contributed by atoms with E-state index in [1.165, 1.54) is 12.1 Å². The Kier molecular flexibility index (Phi) is 5.14. The van der Waals surface area contributed by atoms with Gasteiger partial charge in [0.25, 0.3) is 0 Å². The van der Waals surface area contributed by atoms with Crippen LogP contribution in [0.5, 0.6) is 0 Å². The number of carbonyl (C=O) groups excluding carboxylic acids is 2. The van der Waals surface area contributed by atoms with Gasteiger partial charge in [-0.25, -0.2) is 4.39 Å². The monoisotopic (exact) mass is 334 g/mol. The fraction of sp³-hybridized carbons (Fsp3) is 0.556. The van der Waals surface area contributed by atoms with Crippen LogP contribution in [0.2, 0.25) is 0 Å². The first kappa shape index (κ1) is 16.9. The van der Waals surface area contributed by atoms with Crippen molar-refractivity contribution >= 4 is 11.8 Å². The lowest BCUT2D eigenvalue weighted by Crippen LogP contribution is -2.48. The van der Waals surface area contributed by atoms with Crippen LogP contribution in [-0.4, -0.2) is 36.1 Å². The SMILES string of the molecule is O=C(Cc1cccc(F)c1)NCC(=O)NC1C2CCC(C2)C1CO. The van der Waals surface area contributed by atoms with E-state index in [1.807, 2.05) is 0 Å². The maximum absolute atomic E-state index is 13.1. The number of hydrogen-bond acceptors (Lipinski definition) is 3. The van der Waals surface area contributed by atoms with Gasteiger partial charge in [0.05, 0.1) is 13.0 Å². The van der Waals surface area contributed by atoms with E-state index in [0.717, 1.165) is 19.3 Å². The third-order valence-corrected chi connectivity index (χ3v) is 5.33. The molecule has 0 saturated heterocycles. The molecule has 130 valence electrons. The number of amides is 2. The molecule has 0 aliphatic heterocycles. The van der Waals surface area contributed by atoms with Gasteiger partial charge in [0.15, 0.2) is 0 Å². The molecule has 1 aromatic carbocycles. The Labute approximate surface area is 140 Å². The summed E-state index contributed by atoms with van der Waals surface area (Å²) in [7, 11) is 0. The van der Waals surface area contributed by atoms with Gasteiger partial charge in [-0.15, -0.1) is 0 Å². The third-order valence-electron chi connectivity index (χ3n) is 5.33. The molecule has 2 aliphatic carbocycles. The van der Waals surface area contributed by atoms with Crippen LogP contribution >= 0.6 is 0 Å². The molecule has 0 radical (unpaired) electrons. The highest BCUT2D eigenvalue weighted by Crippen LogP contribution is 2.48. The predicted octanol–water partition coefficient (Wildman–Crippen LogP) is 1.01. The zero-order chi connectivity index (χ0) is 17.1. The summed E-state index contributed by atoms with van der Waals surface area (Å²) in [6.07, 6.45) is 3.34. The summed E-state index contributed by atoms with van der Waals surface area (Å²) in [5.74, 6) is 0.146. The van der Waals surface area contributed by atoms with E-state index < -0.39 is 0 Å². The fourth-order valence-corrected chi connectivity index (χ4v) is 4.21. The Bertz CT molecular complexity index is 622. The van der Waals surface area contributed by atoms with Crippen LogP contribution in [0, 0.1) is 23.6 Å². The van der Waals surface area contributed by atoms with Crippen molar-refractivity contribution in [1.29, 1.82) is 0 Å². The predicted molar refractivity (Wildman–Crippen MR) is 86.5 cm³/mol. The van der Waals surface area contributed by atoms with Gasteiger partial charge in [-0.3, -0.25) is 9.59 Å². The lowest BCUT2D eigenvalue weighted by atomic mass is 9.85. The van der Waals surface area contributed by atoms with Crippen LogP contribution in [0.4, 0.5) is 4.39 Å². The molecule has 24 heavy (non-hydrogen) atoms. The number of hydrogen-bond donors (Lipinski definition) is 3. The molecule has 3 rings (SSSR count). The molecule has 2 amide bonds. The van der Waals surface area contributed by atoms with E-state index in [4.69, 9.17) is 0 Å². The Hall–Kier alpha value is -1.95. The molecule has 0 heterocycles. The molecule has 1 aromatic rings. The van der Waals surface area contributed by atoms with Gasteiger partial charge in [-0.1, -0.05) is 12.1 Å². The van der Waals surface area contributed by atoms with Crippen molar-refractivity contribution in [2.24, 2.45) is 17.8 Å². The summed E-state index contributed by atoms with van der Waals surface area (Å²) in [6, 6.07) is 5.86. The van der Waals surface area contributed by atoms with E-state index in [1.54, 1.807) is 12.1 Å². The molecule has 2 bridgehead atoms. The summed E-state index contributed by atoms with van der Waals surface area (Å²) in [4.78, 5) is 23.9. The summed E-state index contributed by atoms with van der Waals surface area (Å²) >= 11 is 0. The van der Waals surface area contributed by atoms with Crippen molar-refractivity contribution in [3.05, 3.63) is 35.6 Å². The van der Waals surface area contributed by atoms with E-state index in [-0.39, 0.29) is 49.2 Å². The van der Waals surface area contributed by atoms with Gasteiger partial charge in [-0.05, 0) is 48.8 Å². The zero-order valence-corrected chi connectivity index (χ0v) is 13.5. The molecule has 2 fully saturated rings. The summed E-state index contributed by atoms with van der Waals surface area (Å²) in [5, 5.41) is 15.1. The third kappa shape index (κ3) is 3.75. The standard InChI is InChI=1S/C18H23FN2O3/c19-14-3-1-2-11(6-14)7-16(23)20-9-17(24)21-18-13-5-4-12(8-13)15(18)10-22/h1-3,6,12-13,15,18,22H,4-5,7-10H2,(H,20,23)(H,21,24). The molecule has 5 nitrogen and oxygen atoms in total. The molecule has 0 aromatic heterocycles. The highest BCUT2D eigenvalue weighted by molar-refractivity contribution is 5.85. The summed E-state index contributed by atoms with van der Waals surface area (Å²) in [5.41, 5.74) is 0.571. The molecule has 2 saturated carbocycles. The molecule has 6 heteroatoms. The minimum atomic E-state index is -0.385. The van der Waals surface area contributed by atoms with Crippen molar-refractivity contribution in [2.45, 2.75) is 31.7 Å². The van der Waals surface area contributed by atoms with Gasteiger partial charge in [0.1, 0.15) is 5.82 Å². The summed E-state index contributed by atoms with van der Waals surface area (Å²) < 4.78 is 13.1. The Morgan fingerprint density at radius 1 is 1.21 bits per heavy atom. The molecule has 2 aliphatic rings. The van der Waals surface area contributed by atoms with E-state index in [2.05, 4.69) is 10.6 Å². The minimum Gasteiger partial charge on any atom is -0.396 e. The van der Waals surface area contributed by atoms with Crippen LogP contribution in [-0.2, 0) is 16.0 Å². The van der Waals surface area contributed by atoms with Gasteiger partial charge >= 0.3 is 0 Å². The minimum absolute atomic E-state index is 0.0152. The van der Waals surface area contributed by atoms with Crippen molar-refractivity contribution in [3.63, 3.8) is 0 Å². The highest BCUT2D eigenvalue weighted by atomic mass is 19.1. The number of nitrogens with one attached hydrogen (secondary N) is 2. The Morgan fingerprint density at radius 2 is 2.00 bits per heavy atom. The van der Waals surface area contributed by atoms with Crippen molar-refractivity contribution in [2.75, 3.05) is 13.2 Å². The molecule has 4 unspecified atom stereocenters. The van der Waals surface area contributed by atoms with Crippen LogP contribution in [0.3, 0.4) is 0 Å². The van der Waals surface area contributed by atoms with Crippen molar-refractivity contribution in [3.8, 4) is 0 Å². The second kappa shape index (κ2) is 7.30. The lowest BCUT2D eigenvalue weighted by Gasteiger charge is -2.30. The first-order chi connectivity index (χ1) is 11.6. The molecular weight excluding hydrogens is 311 g/mol. The zero-order valence-electron chi connectivity index (χ0n) is 13.5. The average molecular weight is 334 g/mol. The van der Waals surface area contributed by atoms with Crippen molar-refractivity contribution < 1.29 is 19.1 Å². The van der Waals surface area contributed by atoms with Crippen LogP contribution in [0.1, 0.15) is 24.8 Å². The lowest BCUT2D eigenvalue weighted by molar-refractivity contribution is -0.126. The fourth-order valence-electron chi connectivity index (χ4n) is 4.21. The molecule has 3 N–H and O–H groups in total. The average Bonchev–Trinajstić information content (AvgIpc) is 3.14. The smallest absolute Gasteiger partial charge is 0.239 e. The molecule has 0 spiro atoms.